The van der Waals surface area contributed by atoms with Gasteiger partial charge in [0.2, 0.25) is 0 Å². The first-order chi connectivity index (χ1) is 16.7. The van der Waals surface area contributed by atoms with E-state index in [0.29, 0.717) is 17.4 Å². The summed E-state index contributed by atoms with van der Waals surface area (Å²) in [5, 5.41) is 9.05. The lowest BCUT2D eigenvalue weighted by molar-refractivity contribution is -0.873. The molecule has 5 nitrogen and oxygen atoms in total. The van der Waals surface area contributed by atoms with E-state index in [2.05, 4.69) is 6.92 Å². The van der Waals surface area contributed by atoms with Crippen molar-refractivity contribution in [1.29, 1.82) is 0 Å². The Balaban J connectivity index is 3.43. The minimum absolute atomic E-state index is 0.124. The Morgan fingerprint density at radius 2 is 0.971 bits per heavy atom. The van der Waals surface area contributed by atoms with Gasteiger partial charge in [0, 0.05) is 6.42 Å². The molecule has 208 valence electrons. The van der Waals surface area contributed by atoms with Crippen molar-refractivity contribution < 1.29 is 23.9 Å². The minimum atomic E-state index is -0.921. The zero-order valence-corrected chi connectivity index (χ0v) is 24.0. The number of nitrogens with zero attached hydrogens (tertiary/aromatic N) is 1. The van der Waals surface area contributed by atoms with Gasteiger partial charge in [-0.25, -0.2) is 0 Å². The molecule has 0 aromatic carbocycles. The molecule has 0 bridgehead atoms. The fourth-order valence-corrected chi connectivity index (χ4v) is 4.72. The third kappa shape index (κ3) is 27.3. The van der Waals surface area contributed by atoms with Gasteiger partial charge in [-0.05, 0) is 6.42 Å². The number of unbranched alkanes of at least 4 members (excludes halogenated alkanes) is 19. The number of carboxylic acid groups (broad SMARTS) is 1. The molecule has 0 aromatic rings. The molecule has 1 N–H and O–H groups in total. The van der Waals surface area contributed by atoms with Crippen LogP contribution in [0.2, 0.25) is 0 Å². The summed E-state index contributed by atoms with van der Waals surface area (Å²) in [5.74, 6) is -1.18. The van der Waals surface area contributed by atoms with Gasteiger partial charge >= 0.3 is 11.9 Å². The number of esters is 1. The van der Waals surface area contributed by atoms with Gasteiger partial charge in [-0.2, -0.15) is 0 Å². The van der Waals surface area contributed by atoms with Crippen molar-refractivity contribution in [3.8, 4) is 0 Å². The summed E-state index contributed by atoms with van der Waals surface area (Å²) in [6.45, 7) is 2.79. The summed E-state index contributed by atoms with van der Waals surface area (Å²) in [4.78, 5) is 23.1. The Bertz CT molecular complexity index is 501. The first kappa shape index (κ1) is 33.9. The van der Waals surface area contributed by atoms with E-state index in [0.717, 1.165) is 12.8 Å². The van der Waals surface area contributed by atoms with Gasteiger partial charge in [-0.3, -0.25) is 9.59 Å². The van der Waals surface area contributed by atoms with Gasteiger partial charge in [-0.1, -0.05) is 129 Å². The number of quaternary nitrogens is 1. The Kier molecular flexibility index (Phi) is 22.6. The molecule has 1 atom stereocenters. The smallest absolute Gasteiger partial charge is 0.307 e. The molecule has 35 heavy (non-hydrogen) atoms. The van der Waals surface area contributed by atoms with Crippen LogP contribution in [-0.4, -0.2) is 55.3 Å². The molecule has 0 radical (unpaired) electrons. The second-order valence-electron chi connectivity index (χ2n) is 11.7. The van der Waals surface area contributed by atoms with Gasteiger partial charge in [0.1, 0.15) is 6.54 Å². The van der Waals surface area contributed by atoms with Gasteiger partial charge in [0.15, 0.2) is 6.10 Å². The predicted octanol–water partition coefficient (Wildman–Crippen LogP) is 8.29. The van der Waals surface area contributed by atoms with E-state index in [1.807, 2.05) is 21.1 Å². The number of aliphatic carboxylic acids is 1. The zero-order valence-electron chi connectivity index (χ0n) is 24.0. The van der Waals surface area contributed by atoms with Gasteiger partial charge in [0.25, 0.3) is 0 Å². The van der Waals surface area contributed by atoms with Crippen LogP contribution in [0.25, 0.3) is 0 Å². The number of hydrogen-bond acceptors (Lipinski definition) is 3. The van der Waals surface area contributed by atoms with E-state index in [1.165, 1.54) is 116 Å². The highest BCUT2D eigenvalue weighted by Gasteiger charge is 2.24. The molecule has 0 amide bonds. The molecule has 0 saturated heterocycles. The summed E-state index contributed by atoms with van der Waals surface area (Å²) >= 11 is 0. The van der Waals surface area contributed by atoms with Crippen LogP contribution >= 0.6 is 0 Å². The molecule has 1 unspecified atom stereocenters. The predicted molar refractivity (Wildman–Crippen MR) is 148 cm³/mol. The van der Waals surface area contributed by atoms with Crippen LogP contribution < -0.4 is 0 Å². The van der Waals surface area contributed by atoms with Crippen molar-refractivity contribution in [2.24, 2.45) is 0 Å². The summed E-state index contributed by atoms with van der Waals surface area (Å²) < 4.78 is 6.02. The van der Waals surface area contributed by atoms with Crippen molar-refractivity contribution >= 4 is 11.9 Å². The maximum Gasteiger partial charge on any atom is 0.307 e. The first-order valence-electron chi connectivity index (χ1n) is 15.0. The average Bonchev–Trinajstić information content (AvgIpc) is 2.76. The van der Waals surface area contributed by atoms with Gasteiger partial charge in [0.05, 0.1) is 27.6 Å². The number of carboxylic acids is 1. The molecule has 0 aliphatic carbocycles. The molecule has 5 heteroatoms. The first-order valence-corrected chi connectivity index (χ1v) is 15.0. The molecule has 0 heterocycles. The largest absolute Gasteiger partial charge is 0.481 e. The van der Waals surface area contributed by atoms with Crippen molar-refractivity contribution in [1.82, 2.24) is 0 Å². The van der Waals surface area contributed by atoms with Crippen molar-refractivity contribution in [2.75, 3.05) is 27.7 Å². The van der Waals surface area contributed by atoms with Crippen LogP contribution in [0.4, 0.5) is 0 Å². The summed E-state index contributed by atoms with van der Waals surface area (Å²) in [7, 11) is 5.92. The van der Waals surface area contributed by atoms with E-state index >= 15 is 0 Å². The van der Waals surface area contributed by atoms with E-state index in [9.17, 15) is 9.59 Å². The Morgan fingerprint density at radius 1 is 0.629 bits per heavy atom. The monoisotopic (exact) mass is 498 g/mol. The molecule has 0 rings (SSSR count). The number of carbonyl (C=O) groups excluding carboxylic acids is 1. The Hall–Kier alpha value is -1.10. The number of carbonyl (C=O) groups is 2. The zero-order chi connectivity index (χ0) is 26.2. The quantitative estimate of drug-likeness (QED) is 0.0740. The Labute approximate surface area is 218 Å². The van der Waals surface area contributed by atoms with Crippen LogP contribution in [0.3, 0.4) is 0 Å². The molecule has 0 spiro atoms. The highest BCUT2D eigenvalue weighted by molar-refractivity contribution is 5.71. The third-order valence-electron chi connectivity index (χ3n) is 6.69. The fraction of sp³-hybridized carbons (Fsp3) is 0.933. The molecule has 0 aliphatic heterocycles. The molecular formula is C30H60NO4+. The van der Waals surface area contributed by atoms with Crippen LogP contribution in [0, 0.1) is 0 Å². The lowest BCUT2D eigenvalue weighted by atomic mass is 10.0. The molecule has 0 fully saturated rings. The molecule has 0 aromatic heterocycles. The highest BCUT2D eigenvalue weighted by atomic mass is 16.5. The van der Waals surface area contributed by atoms with Crippen molar-refractivity contribution in [2.45, 2.75) is 154 Å². The third-order valence-corrected chi connectivity index (χ3v) is 6.69. The standard InChI is InChI=1S/C30H59NO4/c1-5-6-7-8-9-10-11-12-13-14-15-16-17-18-19-20-21-22-23-24-25-30(34)35-28(26-29(32)33)27-31(2,3)4/h28H,5-27H2,1-4H3/p+1. The van der Waals surface area contributed by atoms with Gasteiger partial charge < -0.3 is 14.3 Å². The second-order valence-corrected chi connectivity index (χ2v) is 11.7. The topological polar surface area (TPSA) is 63.6 Å². The van der Waals surface area contributed by atoms with Gasteiger partial charge in [-0.15, -0.1) is 0 Å². The summed E-state index contributed by atoms with van der Waals surface area (Å²) in [5.41, 5.74) is 0. The summed E-state index contributed by atoms with van der Waals surface area (Å²) in [6, 6.07) is 0. The minimum Gasteiger partial charge on any atom is -0.481 e. The lowest BCUT2D eigenvalue weighted by Gasteiger charge is -2.28. The van der Waals surface area contributed by atoms with E-state index in [4.69, 9.17) is 9.84 Å². The maximum absolute atomic E-state index is 12.1. The van der Waals surface area contributed by atoms with Crippen LogP contribution in [0.5, 0.6) is 0 Å². The van der Waals surface area contributed by atoms with E-state index < -0.39 is 12.1 Å². The van der Waals surface area contributed by atoms with E-state index in [1.54, 1.807) is 0 Å². The fourth-order valence-electron chi connectivity index (χ4n) is 4.72. The normalized spacial score (nSPS) is 12.6. The molecule has 0 saturated carbocycles. The molecule has 0 aliphatic rings. The number of likely N-dealkylation sites (N-methyl/N-ethyl adjacent to an activating group) is 1. The highest BCUT2D eigenvalue weighted by Crippen LogP contribution is 2.15. The lowest BCUT2D eigenvalue weighted by Crippen LogP contribution is -2.43. The van der Waals surface area contributed by atoms with Crippen LogP contribution in [0.15, 0.2) is 0 Å². The second kappa shape index (κ2) is 23.3. The molecular weight excluding hydrogens is 438 g/mol. The van der Waals surface area contributed by atoms with E-state index in [-0.39, 0.29) is 12.4 Å². The number of ether oxygens (including phenoxy) is 1. The van der Waals surface area contributed by atoms with Crippen LogP contribution in [-0.2, 0) is 14.3 Å². The Morgan fingerprint density at radius 3 is 1.29 bits per heavy atom. The summed E-state index contributed by atoms with van der Waals surface area (Å²) in [6.07, 6.45) is 26.5. The maximum atomic E-state index is 12.1. The number of rotatable bonds is 26. The number of hydrogen-bond donors (Lipinski definition) is 1. The van der Waals surface area contributed by atoms with Crippen LogP contribution in [0.1, 0.15) is 148 Å². The average molecular weight is 499 g/mol. The SMILES string of the molecule is CCCCCCCCCCCCCCCCCCCCCCC(=O)OC(CC(=O)O)C[N+](C)(C)C. The van der Waals surface area contributed by atoms with Crippen molar-refractivity contribution in [3.63, 3.8) is 0 Å². The van der Waals surface area contributed by atoms with Crippen molar-refractivity contribution in [3.05, 3.63) is 0 Å².